The molecule has 3 aromatic carbocycles. The third-order valence-corrected chi connectivity index (χ3v) is 6.02. The van der Waals surface area contributed by atoms with Crippen LogP contribution in [-0.4, -0.2) is 43.7 Å². The van der Waals surface area contributed by atoms with Crippen molar-refractivity contribution >= 4 is 22.4 Å². The van der Waals surface area contributed by atoms with Gasteiger partial charge in [0.25, 0.3) is 5.91 Å². The van der Waals surface area contributed by atoms with E-state index < -0.39 is 0 Å². The third kappa shape index (κ3) is 4.50. The summed E-state index contributed by atoms with van der Waals surface area (Å²) >= 11 is 0. The number of carbonyl (C=O) groups excluding carboxylic acids is 1. The van der Waals surface area contributed by atoms with Crippen LogP contribution in [0.2, 0.25) is 0 Å². The number of amides is 1. The Hall–Kier alpha value is -2.69. The zero-order chi connectivity index (χ0) is 20.3. The summed E-state index contributed by atoms with van der Waals surface area (Å²) in [5.41, 5.74) is 2.80. The quantitative estimate of drug-likeness (QED) is 0.634. The van der Waals surface area contributed by atoms with Gasteiger partial charge in [0.1, 0.15) is 6.54 Å². The highest BCUT2D eigenvalue weighted by Crippen LogP contribution is 2.24. The lowest BCUT2D eigenvalue weighted by Crippen LogP contribution is -2.50. The SMILES string of the molecule is C[N+](C)(Cc1ccc(NC(=O)c2cccc3ccccc23)cc1)C1CCOCC1. The maximum atomic E-state index is 12.8. The van der Waals surface area contributed by atoms with Gasteiger partial charge in [-0.05, 0) is 29.0 Å². The van der Waals surface area contributed by atoms with Crippen LogP contribution in [0.25, 0.3) is 10.8 Å². The lowest BCUT2D eigenvalue weighted by molar-refractivity contribution is -0.929. The number of carbonyl (C=O) groups is 1. The number of benzene rings is 3. The molecule has 1 fully saturated rings. The van der Waals surface area contributed by atoms with E-state index in [2.05, 4.69) is 31.5 Å². The van der Waals surface area contributed by atoms with E-state index in [1.54, 1.807) is 0 Å². The number of rotatable bonds is 5. The molecule has 4 heteroatoms. The molecule has 0 aromatic heterocycles. The van der Waals surface area contributed by atoms with Crippen molar-refractivity contribution < 1.29 is 14.0 Å². The molecule has 0 saturated carbocycles. The van der Waals surface area contributed by atoms with Gasteiger partial charge in [0.15, 0.2) is 0 Å². The standard InChI is InChI=1S/C25H28N2O2/c1-27(2,22-14-16-29-17-15-22)18-19-10-12-21(13-11-19)26-25(28)24-9-5-7-20-6-3-4-8-23(20)24/h3-13,22H,14-18H2,1-2H3/p+1. The van der Waals surface area contributed by atoms with E-state index in [0.29, 0.717) is 11.6 Å². The van der Waals surface area contributed by atoms with Gasteiger partial charge < -0.3 is 14.5 Å². The minimum absolute atomic E-state index is 0.0760. The number of nitrogens with one attached hydrogen (secondary N) is 1. The molecule has 1 heterocycles. The Balaban J connectivity index is 1.44. The Bertz CT molecular complexity index is 984. The average molecular weight is 390 g/mol. The van der Waals surface area contributed by atoms with Crippen LogP contribution in [0, 0.1) is 0 Å². The predicted octanol–water partition coefficient (Wildman–Crippen LogP) is 4.85. The van der Waals surface area contributed by atoms with Crippen LogP contribution in [0.5, 0.6) is 0 Å². The molecule has 4 rings (SSSR count). The van der Waals surface area contributed by atoms with Crippen molar-refractivity contribution in [1.82, 2.24) is 0 Å². The van der Waals surface area contributed by atoms with Crippen molar-refractivity contribution in [3.05, 3.63) is 77.9 Å². The van der Waals surface area contributed by atoms with E-state index in [1.165, 1.54) is 5.56 Å². The molecule has 0 bridgehead atoms. The normalized spacial score (nSPS) is 15.4. The zero-order valence-corrected chi connectivity index (χ0v) is 17.2. The first-order valence-electron chi connectivity index (χ1n) is 10.3. The second kappa shape index (κ2) is 8.36. The summed E-state index contributed by atoms with van der Waals surface area (Å²) in [6, 6.07) is 22.7. The van der Waals surface area contributed by atoms with Crippen molar-refractivity contribution in [3.8, 4) is 0 Å². The Morgan fingerprint density at radius 1 is 0.966 bits per heavy atom. The molecule has 150 valence electrons. The maximum Gasteiger partial charge on any atom is 0.256 e. The van der Waals surface area contributed by atoms with Crippen LogP contribution in [0.15, 0.2) is 66.7 Å². The second-order valence-electron chi connectivity index (χ2n) is 8.46. The zero-order valence-electron chi connectivity index (χ0n) is 17.2. The largest absolute Gasteiger partial charge is 0.381 e. The Kier molecular flexibility index (Phi) is 5.65. The molecule has 29 heavy (non-hydrogen) atoms. The molecular weight excluding hydrogens is 360 g/mol. The van der Waals surface area contributed by atoms with Crippen LogP contribution in [0.4, 0.5) is 5.69 Å². The number of anilines is 1. The summed E-state index contributed by atoms with van der Waals surface area (Å²) in [6.45, 7) is 2.71. The molecule has 0 aliphatic carbocycles. The molecular formula is C25H29N2O2+. The van der Waals surface area contributed by atoms with Crippen LogP contribution in [0.3, 0.4) is 0 Å². The minimum Gasteiger partial charge on any atom is -0.381 e. The molecule has 1 saturated heterocycles. The molecule has 0 radical (unpaired) electrons. The van der Waals surface area contributed by atoms with Crippen LogP contribution < -0.4 is 5.32 Å². The first-order valence-corrected chi connectivity index (χ1v) is 10.3. The van der Waals surface area contributed by atoms with Gasteiger partial charge in [0.2, 0.25) is 0 Å². The number of quaternary nitrogens is 1. The minimum atomic E-state index is -0.0760. The predicted molar refractivity (Wildman–Crippen MR) is 118 cm³/mol. The van der Waals surface area contributed by atoms with Gasteiger partial charge in [-0.15, -0.1) is 0 Å². The van der Waals surface area contributed by atoms with Gasteiger partial charge in [0.05, 0.1) is 33.4 Å². The molecule has 0 unspecified atom stereocenters. The monoisotopic (exact) mass is 389 g/mol. The summed E-state index contributed by atoms with van der Waals surface area (Å²) in [5.74, 6) is -0.0760. The maximum absolute atomic E-state index is 12.8. The van der Waals surface area contributed by atoms with E-state index in [0.717, 1.165) is 53.5 Å². The van der Waals surface area contributed by atoms with Crippen LogP contribution in [0.1, 0.15) is 28.8 Å². The highest BCUT2D eigenvalue weighted by atomic mass is 16.5. The molecule has 1 N–H and O–H groups in total. The van der Waals surface area contributed by atoms with Crippen molar-refractivity contribution in [2.75, 3.05) is 32.6 Å². The lowest BCUT2D eigenvalue weighted by Gasteiger charge is -2.40. The summed E-state index contributed by atoms with van der Waals surface area (Å²) in [6.07, 6.45) is 2.23. The van der Waals surface area contributed by atoms with Crippen molar-refractivity contribution in [2.45, 2.75) is 25.4 Å². The number of nitrogens with zero attached hydrogens (tertiary/aromatic N) is 1. The molecule has 1 aliphatic rings. The highest BCUT2D eigenvalue weighted by molar-refractivity contribution is 6.12. The fraction of sp³-hybridized carbons (Fsp3) is 0.320. The first kappa shape index (κ1) is 19.6. The van der Waals surface area contributed by atoms with Gasteiger partial charge in [-0.3, -0.25) is 4.79 Å². The molecule has 0 spiro atoms. The first-order chi connectivity index (χ1) is 14.0. The Labute approximate surface area is 172 Å². The molecule has 3 aromatic rings. The van der Waals surface area contributed by atoms with E-state index in [-0.39, 0.29) is 5.91 Å². The fourth-order valence-electron chi connectivity index (χ4n) is 4.30. The number of fused-ring (bicyclic) bond motifs is 1. The highest BCUT2D eigenvalue weighted by Gasteiger charge is 2.30. The Morgan fingerprint density at radius 2 is 1.66 bits per heavy atom. The van der Waals surface area contributed by atoms with Gasteiger partial charge in [-0.25, -0.2) is 0 Å². The number of ether oxygens (including phenoxy) is 1. The summed E-state index contributed by atoms with van der Waals surface area (Å²) in [5, 5.41) is 5.09. The smallest absolute Gasteiger partial charge is 0.256 e. The Morgan fingerprint density at radius 3 is 2.41 bits per heavy atom. The summed E-state index contributed by atoms with van der Waals surface area (Å²) in [4.78, 5) is 12.8. The van der Waals surface area contributed by atoms with Gasteiger partial charge in [-0.2, -0.15) is 0 Å². The lowest BCUT2D eigenvalue weighted by atomic mass is 10.0. The van der Waals surface area contributed by atoms with Crippen molar-refractivity contribution in [1.29, 1.82) is 0 Å². The van der Waals surface area contributed by atoms with Crippen LogP contribution >= 0.6 is 0 Å². The van der Waals surface area contributed by atoms with Gasteiger partial charge in [0, 0.05) is 29.7 Å². The van der Waals surface area contributed by atoms with E-state index in [1.807, 2.05) is 54.6 Å². The molecule has 1 amide bonds. The average Bonchev–Trinajstić information content (AvgIpc) is 2.75. The summed E-state index contributed by atoms with van der Waals surface area (Å²) < 4.78 is 6.47. The second-order valence-corrected chi connectivity index (χ2v) is 8.46. The summed E-state index contributed by atoms with van der Waals surface area (Å²) in [7, 11) is 4.60. The van der Waals surface area contributed by atoms with Crippen molar-refractivity contribution in [3.63, 3.8) is 0 Å². The molecule has 1 aliphatic heterocycles. The third-order valence-electron chi connectivity index (χ3n) is 6.02. The number of hydrogen-bond donors (Lipinski definition) is 1. The van der Waals surface area contributed by atoms with E-state index >= 15 is 0 Å². The van der Waals surface area contributed by atoms with Gasteiger partial charge in [-0.1, -0.05) is 48.5 Å². The van der Waals surface area contributed by atoms with Crippen molar-refractivity contribution in [2.24, 2.45) is 0 Å². The van der Waals surface area contributed by atoms with Crippen LogP contribution in [-0.2, 0) is 11.3 Å². The molecule has 4 nitrogen and oxygen atoms in total. The fourth-order valence-corrected chi connectivity index (χ4v) is 4.30. The number of hydrogen-bond acceptors (Lipinski definition) is 2. The van der Waals surface area contributed by atoms with E-state index in [9.17, 15) is 4.79 Å². The topological polar surface area (TPSA) is 38.3 Å². The molecule has 0 atom stereocenters. The van der Waals surface area contributed by atoms with E-state index in [4.69, 9.17) is 4.74 Å². The van der Waals surface area contributed by atoms with Gasteiger partial charge >= 0.3 is 0 Å².